The molecule has 0 spiro atoms. The van der Waals surface area contributed by atoms with Gasteiger partial charge in [0.2, 0.25) is 5.91 Å². The van der Waals surface area contributed by atoms with Gasteiger partial charge in [-0.15, -0.1) is 0 Å². The van der Waals surface area contributed by atoms with Crippen molar-refractivity contribution in [3.63, 3.8) is 0 Å². The monoisotopic (exact) mass is 267 g/mol. The van der Waals surface area contributed by atoms with Crippen molar-refractivity contribution in [3.05, 3.63) is 0 Å². The Hall–Kier alpha value is -0.610. The molecule has 1 amide bonds. The molecule has 0 bridgehead atoms. The van der Waals surface area contributed by atoms with Crippen molar-refractivity contribution in [1.82, 2.24) is 15.5 Å². The van der Waals surface area contributed by atoms with E-state index in [9.17, 15) is 4.79 Å². The summed E-state index contributed by atoms with van der Waals surface area (Å²) < 4.78 is 0. The standard InChI is InChI=1S/C15H29N3O/c19-15(13-18-11-5-1-2-6-12-18)17-10-8-14-7-3-4-9-16-14/h14,16H,1-13H2,(H,17,19). The van der Waals surface area contributed by atoms with Crippen LogP contribution in [0.2, 0.25) is 0 Å². The van der Waals surface area contributed by atoms with E-state index in [0.29, 0.717) is 12.6 Å². The third-order valence-electron chi connectivity index (χ3n) is 4.29. The predicted molar refractivity (Wildman–Crippen MR) is 78.2 cm³/mol. The summed E-state index contributed by atoms with van der Waals surface area (Å²) in [5.41, 5.74) is 0. The Morgan fingerprint density at radius 3 is 2.58 bits per heavy atom. The van der Waals surface area contributed by atoms with Crippen molar-refractivity contribution in [2.24, 2.45) is 0 Å². The Kier molecular flexibility index (Phi) is 6.65. The Labute approximate surface area is 117 Å². The number of carbonyl (C=O) groups excluding carboxylic acids is 1. The van der Waals surface area contributed by atoms with Crippen molar-refractivity contribution in [2.75, 3.05) is 32.7 Å². The van der Waals surface area contributed by atoms with Gasteiger partial charge in [-0.3, -0.25) is 9.69 Å². The number of nitrogens with zero attached hydrogens (tertiary/aromatic N) is 1. The van der Waals surface area contributed by atoms with E-state index in [-0.39, 0.29) is 5.91 Å². The van der Waals surface area contributed by atoms with Crippen molar-refractivity contribution in [2.45, 2.75) is 57.4 Å². The van der Waals surface area contributed by atoms with E-state index in [0.717, 1.165) is 32.6 Å². The van der Waals surface area contributed by atoms with Gasteiger partial charge >= 0.3 is 0 Å². The van der Waals surface area contributed by atoms with Crippen LogP contribution in [0.3, 0.4) is 0 Å². The lowest BCUT2D eigenvalue weighted by Crippen LogP contribution is -2.41. The second-order valence-electron chi connectivity index (χ2n) is 5.98. The summed E-state index contributed by atoms with van der Waals surface area (Å²) in [5.74, 6) is 0.206. The Morgan fingerprint density at radius 1 is 1.11 bits per heavy atom. The minimum atomic E-state index is 0.206. The van der Waals surface area contributed by atoms with E-state index in [1.54, 1.807) is 0 Å². The van der Waals surface area contributed by atoms with E-state index >= 15 is 0 Å². The first kappa shape index (κ1) is 14.8. The molecule has 4 nitrogen and oxygen atoms in total. The lowest BCUT2D eigenvalue weighted by Gasteiger charge is -2.24. The second-order valence-corrected chi connectivity index (χ2v) is 5.98. The molecule has 0 aromatic rings. The van der Waals surface area contributed by atoms with Crippen LogP contribution in [-0.4, -0.2) is 49.6 Å². The van der Waals surface area contributed by atoms with E-state index in [2.05, 4.69) is 15.5 Å². The highest BCUT2D eigenvalue weighted by Gasteiger charge is 2.14. The number of rotatable bonds is 5. The highest BCUT2D eigenvalue weighted by atomic mass is 16.2. The molecule has 0 aromatic carbocycles. The van der Waals surface area contributed by atoms with Crippen LogP contribution in [0.25, 0.3) is 0 Å². The van der Waals surface area contributed by atoms with Crippen LogP contribution >= 0.6 is 0 Å². The molecule has 0 aromatic heterocycles. The maximum Gasteiger partial charge on any atom is 0.234 e. The molecule has 2 heterocycles. The van der Waals surface area contributed by atoms with Crippen LogP contribution < -0.4 is 10.6 Å². The van der Waals surface area contributed by atoms with Gasteiger partial charge in [-0.05, 0) is 51.7 Å². The predicted octanol–water partition coefficient (Wildman–Crippen LogP) is 1.51. The average molecular weight is 267 g/mol. The first-order chi connectivity index (χ1) is 9.34. The lowest BCUT2D eigenvalue weighted by molar-refractivity contribution is -0.122. The maximum absolute atomic E-state index is 11.9. The van der Waals surface area contributed by atoms with Gasteiger partial charge in [0.1, 0.15) is 0 Å². The van der Waals surface area contributed by atoms with Gasteiger partial charge in [0, 0.05) is 12.6 Å². The minimum absolute atomic E-state index is 0.206. The average Bonchev–Trinajstić information content (AvgIpc) is 2.68. The van der Waals surface area contributed by atoms with Crippen molar-refractivity contribution < 1.29 is 4.79 Å². The van der Waals surface area contributed by atoms with E-state index in [4.69, 9.17) is 0 Å². The van der Waals surface area contributed by atoms with E-state index < -0.39 is 0 Å². The topological polar surface area (TPSA) is 44.4 Å². The molecule has 2 N–H and O–H groups in total. The number of carbonyl (C=O) groups is 1. The molecule has 2 rings (SSSR count). The maximum atomic E-state index is 11.9. The molecule has 0 saturated carbocycles. The van der Waals surface area contributed by atoms with Crippen LogP contribution in [0.15, 0.2) is 0 Å². The van der Waals surface area contributed by atoms with Crippen LogP contribution in [-0.2, 0) is 4.79 Å². The quantitative estimate of drug-likeness (QED) is 0.793. The molecule has 110 valence electrons. The lowest BCUT2D eigenvalue weighted by atomic mass is 10.0. The number of hydrogen-bond acceptors (Lipinski definition) is 3. The summed E-state index contributed by atoms with van der Waals surface area (Å²) in [4.78, 5) is 14.2. The summed E-state index contributed by atoms with van der Waals surface area (Å²) in [7, 11) is 0. The smallest absolute Gasteiger partial charge is 0.234 e. The molecule has 1 atom stereocenters. The third kappa shape index (κ3) is 5.91. The SMILES string of the molecule is O=C(CN1CCCCCC1)NCCC1CCCCN1. The molecule has 0 aliphatic carbocycles. The fourth-order valence-electron chi connectivity index (χ4n) is 3.11. The summed E-state index contributed by atoms with van der Waals surface area (Å²) in [6.07, 6.45) is 10.1. The molecule has 2 aliphatic rings. The van der Waals surface area contributed by atoms with Gasteiger partial charge < -0.3 is 10.6 Å². The molecular weight excluding hydrogens is 238 g/mol. The van der Waals surface area contributed by atoms with Crippen molar-refractivity contribution in [3.8, 4) is 0 Å². The van der Waals surface area contributed by atoms with Crippen LogP contribution in [0.5, 0.6) is 0 Å². The molecule has 2 fully saturated rings. The molecular formula is C15H29N3O. The number of hydrogen-bond donors (Lipinski definition) is 2. The molecule has 2 aliphatic heterocycles. The summed E-state index contributed by atoms with van der Waals surface area (Å²) in [6.45, 7) is 4.75. The van der Waals surface area contributed by atoms with E-state index in [1.807, 2.05) is 0 Å². The molecule has 2 saturated heterocycles. The molecule has 4 heteroatoms. The molecule has 1 unspecified atom stereocenters. The fraction of sp³-hybridized carbons (Fsp3) is 0.933. The van der Waals surface area contributed by atoms with Crippen LogP contribution in [0.1, 0.15) is 51.4 Å². The number of amides is 1. The summed E-state index contributed by atoms with van der Waals surface area (Å²) >= 11 is 0. The van der Waals surface area contributed by atoms with Crippen molar-refractivity contribution in [1.29, 1.82) is 0 Å². The number of likely N-dealkylation sites (tertiary alicyclic amines) is 1. The van der Waals surface area contributed by atoms with Gasteiger partial charge in [-0.2, -0.15) is 0 Å². The van der Waals surface area contributed by atoms with Crippen LogP contribution in [0, 0.1) is 0 Å². The first-order valence-electron chi connectivity index (χ1n) is 8.07. The number of piperidine rings is 1. The highest BCUT2D eigenvalue weighted by molar-refractivity contribution is 5.77. The fourth-order valence-corrected chi connectivity index (χ4v) is 3.11. The van der Waals surface area contributed by atoms with Crippen molar-refractivity contribution >= 4 is 5.91 Å². The summed E-state index contributed by atoms with van der Waals surface area (Å²) in [6, 6.07) is 0.618. The third-order valence-corrected chi connectivity index (χ3v) is 4.29. The number of nitrogens with one attached hydrogen (secondary N) is 2. The van der Waals surface area contributed by atoms with Gasteiger partial charge in [-0.25, -0.2) is 0 Å². The zero-order valence-electron chi connectivity index (χ0n) is 12.1. The zero-order valence-corrected chi connectivity index (χ0v) is 12.1. The van der Waals surface area contributed by atoms with Gasteiger partial charge in [0.25, 0.3) is 0 Å². The first-order valence-corrected chi connectivity index (χ1v) is 8.07. The Morgan fingerprint density at radius 2 is 1.89 bits per heavy atom. The molecule has 19 heavy (non-hydrogen) atoms. The van der Waals surface area contributed by atoms with Gasteiger partial charge in [0.15, 0.2) is 0 Å². The minimum Gasteiger partial charge on any atom is -0.355 e. The van der Waals surface area contributed by atoms with E-state index in [1.165, 1.54) is 44.9 Å². The Bertz CT molecular complexity index is 256. The second kappa shape index (κ2) is 8.54. The van der Waals surface area contributed by atoms with Gasteiger partial charge in [-0.1, -0.05) is 19.3 Å². The van der Waals surface area contributed by atoms with Gasteiger partial charge in [0.05, 0.1) is 6.54 Å². The summed E-state index contributed by atoms with van der Waals surface area (Å²) in [5, 5.41) is 6.60. The highest BCUT2D eigenvalue weighted by Crippen LogP contribution is 2.10. The van der Waals surface area contributed by atoms with Crippen LogP contribution in [0.4, 0.5) is 0 Å². The normalized spacial score (nSPS) is 25.8. The molecule has 0 radical (unpaired) electrons. The largest absolute Gasteiger partial charge is 0.355 e. The Balaban J connectivity index is 1.55. The zero-order chi connectivity index (χ0) is 13.3.